The van der Waals surface area contributed by atoms with Crippen molar-refractivity contribution >= 4 is 29.3 Å². The number of carbonyl (C=O) groups is 2. The summed E-state index contributed by atoms with van der Waals surface area (Å²) in [5.41, 5.74) is 3.07. The lowest BCUT2D eigenvalue weighted by Gasteiger charge is -2.25. The maximum Gasteiger partial charge on any atom is 0.234 e. The van der Waals surface area contributed by atoms with Crippen molar-refractivity contribution in [1.82, 2.24) is 5.32 Å². The highest BCUT2D eigenvalue weighted by atomic mass is 32.2. The molecule has 1 aliphatic rings. The van der Waals surface area contributed by atoms with Crippen LogP contribution in [0.2, 0.25) is 0 Å². The van der Waals surface area contributed by atoms with E-state index < -0.39 is 0 Å². The Balaban J connectivity index is 1.75. The van der Waals surface area contributed by atoms with Gasteiger partial charge in [-0.2, -0.15) is 5.26 Å². The highest BCUT2D eigenvalue weighted by Gasteiger charge is 2.29. The number of hydrogen-bond donors (Lipinski definition) is 2. The minimum Gasteiger partial charge on any atom is -0.495 e. The van der Waals surface area contributed by atoms with Crippen molar-refractivity contribution in [3.8, 4) is 11.8 Å². The number of amides is 2. The summed E-state index contributed by atoms with van der Waals surface area (Å²) in [5, 5.41) is 15.7. The first kappa shape index (κ1) is 20.5. The number of hydrogen-bond acceptors (Lipinski definition) is 5. The molecule has 0 fully saturated rings. The van der Waals surface area contributed by atoms with Crippen molar-refractivity contribution in [2.45, 2.75) is 19.3 Å². The molecule has 7 heteroatoms. The number of thioether (sulfide) groups is 1. The minimum absolute atomic E-state index is 0.0550. The molecule has 1 atom stereocenters. The number of nitrogens with zero attached hydrogens (tertiary/aromatic N) is 1. The normalized spacial score (nSPS) is 16.0. The zero-order chi connectivity index (χ0) is 20.8. The highest BCUT2D eigenvalue weighted by molar-refractivity contribution is 8.03. The molecule has 0 aromatic heterocycles. The lowest BCUT2D eigenvalue weighted by atomic mass is 9.87. The van der Waals surface area contributed by atoms with Crippen LogP contribution in [-0.2, 0) is 9.59 Å². The molecule has 0 unspecified atom stereocenters. The van der Waals surface area contributed by atoms with Gasteiger partial charge in [0, 0.05) is 12.3 Å². The van der Waals surface area contributed by atoms with Gasteiger partial charge in [-0.25, -0.2) is 0 Å². The quantitative estimate of drug-likeness (QED) is 0.762. The Bertz CT molecular complexity index is 993. The molecule has 0 spiro atoms. The van der Waals surface area contributed by atoms with Crippen LogP contribution in [0.1, 0.15) is 23.5 Å². The first-order valence-electron chi connectivity index (χ1n) is 9.08. The second-order valence-corrected chi connectivity index (χ2v) is 7.59. The average Bonchev–Trinajstić information content (AvgIpc) is 2.72. The topological polar surface area (TPSA) is 91.2 Å². The highest BCUT2D eigenvalue weighted by Crippen LogP contribution is 2.36. The third-order valence-corrected chi connectivity index (χ3v) is 5.58. The van der Waals surface area contributed by atoms with Gasteiger partial charge in [-0.05, 0) is 24.6 Å². The number of allylic oxidation sites excluding steroid dienone is 1. The second kappa shape index (κ2) is 9.30. The fraction of sp³-hybridized carbons (Fsp3) is 0.227. The number of anilines is 1. The molecular formula is C22H21N3O3S. The van der Waals surface area contributed by atoms with Crippen LogP contribution < -0.4 is 15.4 Å². The van der Waals surface area contributed by atoms with E-state index in [-0.39, 0.29) is 29.9 Å². The molecule has 148 valence electrons. The third-order valence-electron chi connectivity index (χ3n) is 4.56. The number of para-hydroxylation sites is 2. The standard InChI is InChI=1S/C22H21N3O3S/c1-14-7-9-15(10-8-14)16-11-20(26)25-22(17(16)12-23)29-13-21(27)24-18-5-3-4-6-19(18)28-2/h3-10,16H,11,13H2,1-2H3,(H,24,27)(H,25,26)/t16-/m0/s1. The molecule has 0 radical (unpaired) electrons. The van der Waals surface area contributed by atoms with Gasteiger partial charge < -0.3 is 15.4 Å². The molecule has 2 amide bonds. The predicted molar refractivity (Wildman–Crippen MR) is 113 cm³/mol. The summed E-state index contributed by atoms with van der Waals surface area (Å²) in [6.07, 6.45) is 0.212. The number of methoxy groups -OCH3 is 1. The van der Waals surface area contributed by atoms with E-state index in [9.17, 15) is 14.9 Å². The maximum atomic E-state index is 12.4. The van der Waals surface area contributed by atoms with E-state index in [1.165, 1.54) is 7.11 Å². The lowest BCUT2D eigenvalue weighted by Crippen LogP contribution is -2.31. The molecule has 0 aliphatic carbocycles. The Hall–Kier alpha value is -3.24. The Morgan fingerprint density at radius 3 is 2.69 bits per heavy atom. The van der Waals surface area contributed by atoms with E-state index >= 15 is 0 Å². The molecule has 2 aromatic carbocycles. The lowest BCUT2D eigenvalue weighted by molar-refractivity contribution is -0.121. The molecule has 2 N–H and O–H groups in total. The van der Waals surface area contributed by atoms with Gasteiger partial charge in [-0.3, -0.25) is 9.59 Å². The Labute approximate surface area is 173 Å². The summed E-state index contributed by atoms with van der Waals surface area (Å²) in [6.45, 7) is 1.99. The number of ether oxygens (including phenoxy) is 1. The predicted octanol–water partition coefficient (Wildman–Crippen LogP) is 3.71. The summed E-state index contributed by atoms with van der Waals surface area (Å²) in [6, 6.07) is 17.1. The fourth-order valence-electron chi connectivity index (χ4n) is 3.09. The molecule has 0 saturated heterocycles. The Morgan fingerprint density at radius 1 is 1.28 bits per heavy atom. The van der Waals surface area contributed by atoms with Crippen LogP contribution in [0.4, 0.5) is 5.69 Å². The Morgan fingerprint density at radius 2 is 2.00 bits per heavy atom. The Kier molecular flexibility index (Phi) is 6.57. The first-order chi connectivity index (χ1) is 14.0. The van der Waals surface area contributed by atoms with Crippen molar-refractivity contribution in [1.29, 1.82) is 5.26 Å². The summed E-state index contributed by atoms with van der Waals surface area (Å²) in [5.74, 6) is -0.111. The molecular weight excluding hydrogens is 386 g/mol. The summed E-state index contributed by atoms with van der Waals surface area (Å²) in [7, 11) is 1.53. The zero-order valence-electron chi connectivity index (χ0n) is 16.2. The van der Waals surface area contributed by atoms with Crippen LogP contribution in [0, 0.1) is 18.3 Å². The largest absolute Gasteiger partial charge is 0.495 e. The molecule has 2 aromatic rings. The monoisotopic (exact) mass is 407 g/mol. The van der Waals surface area contributed by atoms with Gasteiger partial charge >= 0.3 is 0 Å². The van der Waals surface area contributed by atoms with Crippen molar-refractivity contribution in [2.24, 2.45) is 0 Å². The minimum atomic E-state index is -0.311. The first-order valence-corrected chi connectivity index (χ1v) is 10.1. The van der Waals surface area contributed by atoms with Crippen LogP contribution in [0.25, 0.3) is 0 Å². The smallest absolute Gasteiger partial charge is 0.234 e. The summed E-state index contributed by atoms with van der Waals surface area (Å²) >= 11 is 1.15. The zero-order valence-corrected chi connectivity index (χ0v) is 17.0. The van der Waals surface area contributed by atoms with Gasteiger partial charge in [0.1, 0.15) is 5.75 Å². The summed E-state index contributed by atoms with van der Waals surface area (Å²) < 4.78 is 5.23. The molecule has 3 rings (SSSR count). The van der Waals surface area contributed by atoms with Gasteiger partial charge in [0.05, 0.1) is 35.2 Å². The third kappa shape index (κ3) is 4.98. The van der Waals surface area contributed by atoms with Crippen LogP contribution >= 0.6 is 11.8 Å². The fourth-order valence-corrected chi connectivity index (χ4v) is 3.97. The van der Waals surface area contributed by atoms with Crippen LogP contribution in [-0.4, -0.2) is 24.7 Å². The number of carbonyl (C=O) groups excluding carboxylic acids is 2. The number of benzene rings is 2. The molecule has 0 bridgehead atoms. The molecule has 0 saturated carbocycles. The molecule has 29 heavy (non-hydrogen) atoms. The molecule has 1 heterocycles. The van der Waals surface area contributed by atoms with Crippen molar-refractivity contribution in [2.75, 3.05) is 18.2 Å². The van der Waals surface area contributed by atoms with Gasteiger partial charge in [0.15, 0.2) is 0 Å². The van der Waals surface area contributed by atoms with Gasteiger partial charge in [-0.15, -0.1) is 0 Å². The maximum absolute atomic E-state index is 12.4. The van der Waals surface area contributed by atoms with E-state index in [0.29, 0.717) is 22.0 Å². The number of aryl methyl sites for hydroxylation is 1. The van der Waals surface area contributed by atoms with Crippen molar-refractivity contribution < 1.29 is 14.3 Å². The van der Waals surface area contributed by atoms with Crippen molar-refractivity contribution in [3.05, 3.63) is 70.3 Å². The van der Waals surface area contributed by atoms with Crippen molar-refractivity contribution in [3.63, 3.8) is 0 Å². The van der Waals surface area contributed by atoms with Crippen LogP contribution in [0.15, 0.2) is 59.1 Å². The second-order valence-electron chi connectivity index (χ2n) is 6.61. The number of rotatable bonds is 6. The molecule has 6 nitrogen and oxygen atoms in total. The van der Waals surface area contributed by atoms with Gasteiger partial charge in [0.25, 0.3) is 0 Å². The van der Waals surface area contributed by atoms with E-state index in [1.54, 1.807) is 18.2 Å². The van der Waals surface area contributed by atoms with E-state index in [1.807, 2.05) is 37.3 Å². The number of nitriles is 1. The number of nitrogens with one attached hydrogen (secondary N) is 2. The van der Waals surface area contributed by atoms with E-state index in [0.717, 1.165) is 22.9 Å². The summed E-state index contributed by atoms with van der Waals surface area (Å²) in [4.78, 5) is 24.6. The SMILES string of the molecule is COc1ccccc1NC(=O)CSC1=C(C#N)[C@H](c2ccc(C)cc2)CC(=O)N1. The van der Waals surface area contributed by atoms with Crippen LogP contribution in [0.3, 0.4) is 0 Å². The van der Waals surface area contributed by atoms with E-state index in [4.69, 9.17) is 4.74 Å². The van der Waals surface area contributed by atoms with E-state index in [2.05, 4.69) is 16.7 Å². The molecule has 1 aliphatic heterocycles. The van der Waals surface area contributed by atoms with Gasteiger partial charge in [0.2, 0.25) is 11.8 Å². The average molecular weight is 407 g/mol. The van der Waals surface area contributed by atoms with Crippen LogP contribution in [0.5, 0.6) is 5.75 Å². The van der Waals surface area contributed by atoms with Gasteiger partial charge in [-0.1, -0.05) is 53.7 Å².